The Kier molecular flexibility index (Phi) is 4.91. The molecule has 0 unspecified atom stereocenters. The molecular formula is C20H20FN3O3S. The van der Waals surface area contributed by atoms with Crippen molar-refractivity contribution in [3.63, 3.8) is 0 Å². The van der Waals surface area contributed by atoms with Crippen molar-refractivity contribution in [2.45, 2.75) is 17.7 Å². The van der Waals surface area contributed by atoms with Gasteiger partial charge in [0.1, 0.15) is 10.7 Å². The maximum atomic E-state index is 13.9. The zero-order chi connectivity index (χ0) is 19.7. The fourth-order valence-corrected chi connectivity index (χ4v) is 5.12. The normalized spacial score (nSPS) is 16.3. The Labute approximate surface area is 162 Å². The molecule has 1 aliphatic heterocycles. The summed E-state index contributed by atoms with van der Waals surface area (Å²) in [5, 5.41) is 3.87. The van der Waals surface area contributed by atoms with Gasteiger partial charge in [0.25, 0.3) is 0 Å². The minimum atomic E-state index is -3.90. The lowest BCUT2D eigenvalue weighted by molar-refractivity contribution is -0.120. The van der Waals surface area contributed by atoms with E-state index in [1.54, 1.807) is 0 Å². The van der Waals surface area contributed by atoms with Crippen molar-refractivity contribution in [1.82, 2.24) is 9.29 Å². The summed E-state index contributed by atoms with van der Waals surface area (Å²) in [4.78, 5) is 15.4. The number of halogens is 1. The van der Waals surface area contributed by atoms with Gasteiger partial charge in [-0.25, -0.2) is 12.8 Å². The van der Waals surface area contributed by atoms with E-state index in [1.165, 1.54) is 22.5 Å². The van der Waals surface area contributed by atoms with Crippen molar-refractivity contribution in [3.8, 4) is 0 Å². The van der Waals surface area contributed by atoms with Gasteiger partial charge in [-0.15, -0.1) is 0 Å². The van der Waals surface area contributed by atoms with Crippen molar-refractivity contribution in [3.05, 3.63) is 60.5 Å². The third-order valence-electron chi connectivity index (χ3n) is 5.13. The summed E-state index contributed by atoms with van der Waals surface area (Å²) < 4.78 is 40.5. The van der Waals surface area contributed by atoms with E-state index in [-0.39, 0.29) is 29.8 Å². The Bertz CT molecular complexity index is 1120. The molecule has 1 fully saturated rings. The summed E-state index contributed by atoms with van der Waals surface area (Å²) in [7, 11) is -3.90. The lowest BCUT2D eigenvalue weighted by Gasteiger charge is -2.30. The van der Waals surface area contributed by atoms with Gasteiger partial charge in [-0.3, -0.25) is 4.79 Å². The van der Waals surface area contributed by atoms with Gasteiger partial charge in [-0.2, -0.15) is 4.31 Å². The molecule has 146 valence electrons. The van der Waals surface area contributed by atoms with E-state index in [1.807, 2.05) is 30.5 Å². The summed E-state index contributed by atoms with van der Waals surface area (Å²) in [6.45, 7) is 0.367. The number of carbonyl (C=O) groups is 1. The molecule has 6 nitrogen and oxygen atoms in total. The Morgan fingerprint density at radius 3 is 2.57 bits per heavy atom. The lowest BCUT2D eigenvalue weighted by atomic mass is 9.97. The SMILES string of the molecule is O=C(Nc1cccc2[nH]ccc12)C1CCN(S(=O)(=O)c2ccccc2F)CC1. The van der Waals surface area contributed by atoms with Crippen molar-refractivity contribution < 1.29 is 17.6 Å². The number of rotatable bonds is 4. The minimum Gasteiger partial charge on any atom is -0.361 e. The molecule has 0 spiro atoms. The van der Waals surface area contributed by atoms with Crippen LogP contribution in [0.25, 0.3) is 10.9 Å². The molecule has 0 atom stereocenters. The van der Waals surface area contributed by atoms with Gasteiger partial charge in [0.2, 0.25) is 15.9 Å². The number of piperidine rings is 1. The van der Waals surface area contributed by atoms with E-state index < -0.39 is 15.8 Å². The number of hydrogen-bond donors (Lipinski definition) is 2. The Morgan fingerprint density at radius 1 is 1.07 bits per heavy atom. The molecule has 0 aliphatic carbocycles. The van der Waals surface area contributed by atoms with Crippen LogP contribution in [0.5, 0.6) is 0 Å². The molecule has 2 N–H and O–H groups in total. The van der Waals surface area contributed by atoms with Gasteiger partial charge in [0.05, 0.1) is 5.69 Å². The highest BCUT2D eigenvalue weighted by atomic mass is 32.2. The first-order valence-corrected chi connectivity index (χ1v) is 10.5. The monoisotopic (exact) mass is 401 g/mol. The number of nitrogens with zero attached hydrogens (tertiary/aromatic N) is 1. The third kappa shape index (κ3) is 3.41. The molecule has 4 rings (SSSR count). The molecule has 0 bridgehead atoms. The van der Waals surface area contributed by atoms with Crippen molar-refractivity contribution >= 4 is 32.5 Å². The largest absolute Gasteiger partial charge is 0.361 e. The summed E-state index contributed by atoms with van der Waals surface area (Å²) >= 11 is 0. The molecule has 8 heteroatoms. The van der Waals surface area contributed by atoms with E-state index in [0.29, 0.717) is 12.8 Å². The number of anilines is 1. The van der Waals surface area contributed by atoms with E-state index >= 15 is 0 Å². The van der Waals surface area contributed by atoms with Gasteiger partial charge in [-0.1, -0.05) is 18.2 Å². The highest BCUT2D eigenvalue weighted by molar-refractivity contribution is 7.89. The zero-order valence-corrected chi connectivity index (χ0v) is 15.9. The second-order valence-corrected chi connectivity index (χ2v) is 8.75. The lowest BCUT2D eigenvalue weighted by Crippen LogP contribution is -2.41. The van der Waals surface area contributed by atoms with Crippen LogP contribution in [0.1, 0.15) is 12.8 Å². The van der Waals surface area contributed by atoms with E-state index in [0.717, 1.165) is 22.7 Å². The fraction of sp³-hybridized carbons (Fsp3) is 0.250. The first kappa shape index (κ1) is 18.6. The van der Waals surface area contributed by atoms with Crippen LogP contribution < -0.4 is 5.32 Å². The Hall–Kier alpha value is -2.71. The first-order valence-electron chi connectivity index (χ1n) is 9.08. The Balaban J connectivity index is 1.43. The number of carbonyl (C=O) groups excluding carboxylic acids is 1. The second kappa shape index (κ2) is 7.37. The van der Waals surface area contributed by atoms with E-state index in [9.17, 15) is 17.6 Å². The third-order valence-corrected chi connectivity index (χ3v) is 7.06. The van der Waals surface area contributed by atoms with Crippen LogP contribution in [0, 0.1) is 11.7 Å². The second-order valence-electron chi connectivity index (χ2n) is 6.84. The molecule has 1 saturated heterocycles. The number of amides is 1. The first-order chi connectivity index (χ1) is 13.5. The predicted molar refractivity (Wildman–Crippen MR) is 105 cm³/mol. The fourth-order valence-electron chi connectivity index (χ4n) is 3.58. The number of H-pyrrole nitrogens is 1. The minimum absolute atomic E-state index is 0.128. The average molecular weight is 401 g/mol. The number of fused-ring (bicyclic) bond motifs is 1. The number of aromatic amines is 1. The predicted octanol–water partition coefficient (Wildman–Crippen LogP) is 3.35. The smallest absolute Gasteiger partial charge is 0.245 e. The molecule has 2 aromatic carbocycles. The van der Waals surface area contributed by atoms with E-state index in [4.69, 9.17) is 0 Å². The number of aromatic nitrogens is 1. The van der Waals surface area contributed by atoms with Crippen LogP contribution in [0.15, 0.2) is 59.6 Å². The van der Waals surface area contributed by atoms with Gasteiger partial charge in [0, 0.05) is 36.1 Å². The van der Waals surface area contributed by atoms with Gasteiger partial charge >= 0.3 is 0 Å². The highest BCUT2D eigenvalue weighted by Gasteiger charge is 2.33. The van der Waals surface area contributed by atoms with Crippen LogP contribution >= 0.6 is 0 Å². The highest BCUT2D eigenvalue weighted by Crippen LogP contribution is 2.27. The topological polar surface area (TPSA) is 82.3 Å². The van der Waals surface area contributed by atoms with Crippen LogP contribution in [0.4, 0.5) is 10.1 Å². The van der Waals surface area contributed by atoms with Gasteiger partial charge < -0.3 is 10.3 Å². The van der Waals surface area contributed by atoms with Crippen LogP contribution in [0.2, 0.25) is 0 Å². The molecular weight excluding hydrogens is 381 g/mol. The summed E-state index contributed by atoms with van der Waals surface area (Å²) in [5.74, 6) is -1.18. The summed E-state index contributed by atoms with van der Waals surface area (Å²) in [5.41, 5.74) is 1.66. The molecule has 1 amide bonds. The standard InChI is InChI=1S/C20H20FN3O3S/c21-16-4-1-2-7-19(16)28(26,27)24-12-9-14(10-13-24)20(25)23-18-6-3-5-17-15(18)8-11-22-17/h1-8,11,14,22H,9-10,12-13H2,(H,23,25). The van der Waals surface area contributed by atoms with Crippen molar-refractivity contribution in [2.75, 3.05) is 18.4 Å². The maximum Gasteiger partial charge on any atom is 0.245 e. The molecule has 0 radical (unpaired) electrons. The van der Waals surface area contributed by atoms with Gasteiger partial charge in [0.15, 0.2) is 0 Å². The van der Waals surface area contributed by atoms with Crippen LogP contribution in [0.3, 0.4) is 0 Å². The number of nitrogens with one attached hydrogen (secondary N) is 2. The molecule has 1 aromatic heterocycles. The van der Waals surface area contributed by atoms with Crippen LogP contribution in [-0.2, 0) is 14.8 Å². The van der Waals surface area contributed by atoms with Crippen LogP contribution in [-0.4, -0.2) is 36.7 Å². The molecule has 28 heavy (non-hydrogen) atoms. The summed E-state index contributed by atoms with van der Waals surface area (Å²) in [6, 6.07) is 12.9. The molecule has 2 heterocycles. The Morgan fingerprint density at radius 2 is 1.82 bits per heavy atom. The molecule has 3 aromatic rings. The average Bonchev–Trinajstić information content (AvgIpc) is 3.18. The van der Waals surface area contributed by atoms with Crippen molar-refractivity contribution in [2.24, 2.45) is 5.92 Å². The summed E-state index contributed by atoms with van der Waals surface area (Å²) in [6.07, 6.45) is 2.59. The maximum absolute atomic E-state index is 13.9. The number of sulfonamides is 1. The molecule has 0 saturated carbocycles. The van der Waals surface area contributed by atoms with Gasteiger partial charge in [-0.05, 0) is 43.2 Å². The quantitative estimate of drug-likeness (QED) is 0.703. The molecule has 1 aliphatic rings. The van der Waals surface area contributed by atoms with Crippen molar-refractivity contribution in [1.29, 1.82) is 0 Å². The number of benzene rings is 2. The van der Waals surface area contributed by atoms with E-state index in [2.05, 4.69) is 10.3 Å². The zero-order valence-electron chi connectivity index (χ0n) is 15.1. The number of hydrogen-bond acceptors (Lipinski definition) is 3.